The molecule has 0 saturated carbocycles. The average Bonchev–Trinajstić information content (AvgIpc) is 2.64. The van der Waals surface area contributed by atoms with Crippen LogP contribution in [-0.2, 0) is 6.54 Å². The molecule has 3 nitrogen and oxygen atoms in total. The highest BCUT2D eigenvalue weighted by molar-refractivity contribution is 5.29. The third-order valence-electron chi connectivity index (χ3n) is 2.32. The first-order chi connectivity index (χ1) is 7.69. The normalized spacial score (nSPS) is 10.4. The second-order valence-corrected chi connectivity index (χ2v) is 3.68. The Hall–Kier alpha value is -1.84. The summed E-state index contributed by atoms with van der Waals surface area (Å²) >= 11 is 0. The fourth-order valence-electron chi connectivity index (χ4n) is 1.55. The third-order valence-corrected chi connectivity index (χ3v) is 2.32. The monoisotopic (exact) mass is 220 g/mol. The van der Waals surface area contributed by atoms with Crippen LogP contribution in [0.3, 0.4) is 0 Å². The standard InChI is InChI=1S/C12H13FN2O/c1-9-6-14-15(7-9)8-10-3-4-12(16-2)11(13)5-10/h3-7H,8H2,1-2H3. The van der Waals surface area contributed by atoms with Crippen LogP contribution < -0.4 is 4.74 Å². The summed E-state index contributed by atoms with van der Waals surface area (Å²) in [5.74, 6) is -0.0794. The van der Waals surface area contributed by atoms with Gasteiger partial charge in [-0.3, -0.25) is 4.68 Å². The van der Waals surface area contributed by atoms with Crippen molar-refractivity contribution in [3.63, 3.8) is 0 Å². The molecule has 2 rings (SSSR count). The highest BCUT2D eigenvalue weighted by atomic mass is 19.1. The molecule has 0 spiro atoms. The largest absolute Gasteiger partial charge is 0.494 e. The minimum absolute atomic E-state index is 0.264. The van der Waals surface area contributed by atoms with Gasteiger partial charge in [0.1, 0.15) is 0 Å². The van der Waals surface area contributed by atoms with Gasteiger partial charge in [-0.25, -0.2) is 4.39 Å². The Balaban J connectivity index is 2.19. The minimum Gasteiger partial charge on any atom is -0.494 e. The van der Waals surface area contributed by atoms with Crippen LogP contribution in [0.2, 0.25) is 0 Å². The molecule has 1 aromatic carbocycles. The van der Waals surface area contributed by atoms with Crippen molar-refractivity contribution in [1.82, 2.24) is 9.78 Å². The van der Waals surface area contributed by atoms with Crippen molar-refractivity contribution in [2.45, 2.75) is 13.5 Å². The van der Waals surface area contributed by atoms with Crippen molar-refractivity contribution >= 4 is 0 Å². The van der Waals surface area contributed by atoms with Crippen LogP contribution in [0.25, 0.3) is 0 Å². The number of aromatic nitrogens is 2. The van der Waals surface area contributed by atoms with E-state index in [1.807, 2.05) is 19.2 Å². The maximum absolute atomic E-state index is 13.4. The highest BCUT2D eigenvalue weighted by Crippen LogP contribution is 2.18. The number of methoxy groups -OCH3 is 1. The molecule has 0 atom stereocenters. The SMILES string of the molecule is COc1ccc(Cn2cc(C)cn2)cc1F. The molecule has 16 heavy (non-hydrogen) atoms. The van der Waals surface area contributed by atoms with Crippen LogP contribution in [0.15, 0.2) is 30.6 Å². The predicted octanol–water partition coefficient (Wildman–Crippen LogP) is 2.39. The van der Waals surface area contributed by atoms with Crippen LogP contribution in [0, 0.1) is 12.7 Å². The highest BCUT2D eigenvalue weighted by Gasteiger charge is 2.04. The summed E-state index contributed by atoms with van der Waals surface area (Å²) in [5.41, 5.74) is 1.95. The van der Waals surface area contributed by atoms with Gasteiger partial charge < -0.3 is 4.74 Å². The van der Waals surface area contributed by atoms with Gasteiger partial charge in [0.25, 0.3) is 0 Å². The van der Waals surface area contributed by atoms with Gasteiger partial charge in [0.2, 0.25) is 0 Å². The number of benzene rings is 1. The second kappa shape index (κ2) is 4.35. The number of nitrogens with zero attached hydrogens (tertiary/aromatic N) is 2. The van der Waals surface area contributed by atoms with Crippen LogP contribution in [0.4, 0.5) is 4.39 Å². The van der Waals surface area contributed by atoms with Gasteiger partial charge in [0.15, 0.2) is 11.6 Å². The molecule has 0 fully saturated rings. The Kier molecular flexibility index (Phi) is 2.90. The molecule has 0 aliphatic carbocycles. The van der Waals surface area contributed by atoms with Gasteiger partial charge in [-0.2, -0.15) is 5.10 Å². The quantitative estimate of drug-likeness (QED) is 0.794. The molecule has 0 unspecified atom stereocenters. The molecule has 0 bridgehead atoms. The number of aryl methyl sites for hydroxylation is 1. The summed E-state index contributed by atoms with van der Waals surface area (Å²) in [7, 11) is 1.45. The molecule has 0 aliphatic rings. The van der Waals surface area contributed by atoms with E-state index in [4.69, 9.17) is 4.74 Å². The number of hydrogen-bond acceptors (Lipinski definition) is 2. The van der Waals surface area contributed by atoms with Crippen molar-refractivity contribution in [3.8, 4) is 5.75 Å². The average molecular weight is 220 g/mol. The van der Waals surface area contributed by atoms with E-state index in [9.17, 15) is 4.39 Å². The lowest BCUT2D eigenvalue weighted by Gasteiger charge is -2.05. The molecule has 1 aromatic heterocycles. The molecule has 4 heteroatoms. The van der Waals surface area contributed by atoms with E-state index in [0.717, 1.165) is 11.1 Å². The number of rotatable bonds is 3. The number of halogens is 1. The van der Waals surface area contributed by atoms with Gasteiger partial charge in [-0.15, -0.1) is 0 Å². The molecule has 0 aliphatic heterocycles. The van der Waals surface area contributed by atoms with Crippen LogP contribution in [0.1, 0.15) is 11.1 Å². The molecule has 84 valence electrons. The molecular formula is C12H13FN2O. The molecule has 0 N–H and O–H groups in total. The number of hydrogen-bond donors (Lipinski definition) is 0. The lowest BCUT2D eigenvalue weighted by molar-refractivity contribution is 0.386. The third kappa shape index (κ3) is 2.21. The molecule has 0 radical (unpaired) electrons. The van der Waals surface area contributed by atoms with E-state index in [1.54, 1.807) is 16.9 Å². The van der Waals surface area contributed by atoms with Crippen LogP contribution in [-0.4, -0.2) is 16.9 Å². The van der Waals surface area contributed by atoms with E-state index in [2.05, 4.69) is 5.10 Å². The first-order valence-electron chi connectivity index (χ1n) is 5.00. The van der Waals surface area contributed by atoms with Gasteiger partial charge in [0, 0.05) is 6.20 Å². The lowest BCUT2D eigenvalue weighted by Crippen LogP contribution is -2.00. The Bertz CT molecular complexity index is 494. The zero-order chi connectivity index (χ0) is 11.5. The molecule has 0 amide bonds. The van der Waals surface area contributed by atoms with E-state index >= 15 is 0 Å². The van der Waals surface area contributed by atoms with Gasteiger partial charge in [-0.1, -0.05) is 6.07 Å². The first-order valence-corrected chi connectivity index (χ1v) is 5.00. The van der Waals surface area contributed by atoms with E-state index < -0.39 is 0 Å². The predicted molar refractivity (Wildman–Crippen MR) is 59.0 cm³/mol. The Morgan fingerprint density at radius 3 is 2.81 bits per heavy atom. The Morgan fingerprint density at radius 2 is 2.25 bits per heavy atom. The van der Waals surface area contributed by atoms with Crippen molar-refractivity contribution in [1.29, 1.82) is 0 Å². The summed E-state index contributed by atoms with van der Waals surface area (Å²) in [6.45, 7) is 2.53. The Labute approximate surface area is 93.5 Å². The maximum atomic E-state index is 13.4. The minimum atomic E-state index is -0.344. The molecule has 1 heterocycles. The van der Waals surface area contributed by atoms with E-state index in [-0.39, 0.29) is 11.6 Å². The summed E-state index contributed by atoms with van der Waals surface area (Å²) in [5, 5.41) is 4.15. The van der Waals surface area contributed by atoms with Crippen molar-refractivity contribution in [3.05, 3.63) is 47.5 Å². The van der Waals surface area contributed by atoms with Crippen molar-refractivity contribution < 1.29 is 9.13 Å². The van der Waals surface area contributed by atoms with Gasteiger partial charge in [-0.05, 0) is 30.2 Å². The zero-order valence-corrected chi connectivity index (χ0v) is 9.27. The number of ether oxygens (including phenoxy) is 1. The lowest BCUT2D eigenvalue weighted by atomic mass is 10.2. The summed E-state index contributed by atoms with van der Waals surface area (Å²) in [6.07, 6.45) is 3.70. The summed E-state index contributed by atoms with van der Waals surface area (Å²) in [6, 6.07) is 4.93. The molecule has 2 aromatic rings. The summed E-state index contributed by atoms with van der Waals surface area (Å²) < 4.78 is 20.0. The fourth-order valence-corrected chi connectivity index (χ4v) is 1.55. The molecular weight excluding hydrogens is 207 g/mol. The molecule has 0 saturated heterocycles. The van der Waals surface area contributed by atoms with Gasteiger partial charge >= 0.3 is 0 Å². The smallest absolute Gasteiger partial charge is 0.165 e. The maximum Gasteiger partial charge on any atom is 0.165 e. The first kappa shape index (κ1) is 10.7. The topological polar surface area (TPSA) is 27.1 Å². The van der Waals surface area contributed by atoms with Gasteiger partial charge in [0.05, 0.1) is 19.9 Å². The van der Waals surface area contributed by atoms with E-state index in [0.29, 0.717) is 6.54 Å². The summed E-state index contributed by atoms with van der Waals surface area (Å²) in [4.78, 5) is 0. The van der Waals surface area contributed by atoms with Crippen molar-refractivity contribution in [2.24, 2.45) is 0 Å². The van der Waals surface area contributed by atoms with E-state index in [1.165, 1.54) is 13.2 Å². The second-order valence-electron chi connectivity index (χ2n) is 3.68. The van der Waals surface area contributed by atoms with Crippen LogP contribution >= 0.6 is 0 Å². The zero-order valence-electron chi connectivity index (χ0n) is 9.27. The van der Waals surface area contributed by atoms with Crippen molar-refractivity contribution in [2.75, 3.05) is 7.11 Å². The Morgan fingerprint density at radius 1 is 1.44 bits per heavy atom. The van der Waals surface area contributed by atoms with Crippen LogP contribution in [0.5, 0.6) is 5.75 Å². The fraction of sp³-hybridized carbons (Fsp3) is 0.250.